The van der Waals surface area contributed by atoms with Crippen LogP contribution in [-0.4, -0.2) is 4.57 Å². The molecule has 0 aliphatic carbocycles. The van der Waals surface area contributed by atoms with Crippen molar-refractivity contribution in [1.82, 2.24) is 4.57 Å². The molecule has 0 saturated carbocycles. The van der Waals surface area contributed by atoms with Crippen LogP contribution in [0.1, 0.15) is 5.56 Å². The molecule has 1 heterocycles. The third kappa shape index (κ3) is 3.78. The van der Waals surface area contributed by atoms with Gasteiger partial charge in [-0.3, -0.25) is 4.57 Å². The molecule has 0 aliphatic heterocycles. The van der Waals surface area contributed by atoms with E-state index >= 15 is 0 Å². The van der Waals surface area contributed by atoms with E-state index in [1.165, 1.54) is 10.9 Å². The van der Waals surface area contributed by atoms with E-state index in [4.69, 9.17) is 0 Å². The van der Waals surface area contributed by atoms with Crippen molar-refractivity contribution in [3.05, 3.63) is 109 Å². The van der Waals surface area contributed by atoms with Gasteiger partial charge in [0.2, 0.25) is 5.82 Å². The van der Waals surface area contributed by atoms with Crippen molar-refractivity contribution >= 4 is 10.8 Å². The van der Waals surface area contributed by atoms with Crippen LogP contribution >= 0.6 is 0 Å². The summed E-state index contributed by atoms with van der Waals surface area (Å²) in [7, 11) is 2.08. The second kappa shape index (κ2) is 8.67. The topological polar surface area (TPSA) is 8.81 Å². The second-order valence-corrected chi connectivity index (χ2v) is 7.33. The van der Waals surface area contributed by atoms with Crippen molar-refractivity contribution in [2.75, 3.05) is 0 Å². The number of imidazole rings is 1. The summed E-state index contributed by atoms with van der Waals surface area (Å²) in [6.07, 6.45) is 4.19. The van der Waals surface area contributed by atoms with Gasteiger partial charge in [-0.1, -0.05) is 48.7 Å². The maximum absolute atomic E-state index is 3.67. The normalized spacial score (nSPS) is 10.7. The van der Waals surface area contributed by atoms with E-state index in [-0.39, 0.29) is 32.7 Å². The molecule has 0 fully saturated rings. The summed E-state index contributed by atoms with van der Waals surface area (Å²) in [5, 5.41) is 2.33. The number of rotatable bonds is 3. The Kier molecular flexibility index (Phi) is 5.99. The predicted octanol–water partition coefficient (Wildman–Crippen LogP) is 5.70. The minimum absolute atomic E-state index is 0. The molecule has 0 atom stereocenters. The number of para-hydroxylation sites is 1. The Balaban J connectivity index is 0.00000218. The van der Waals surface area contributed by atoms with E-state index in [0.717, 1.165) is 33.6 Å². The van der Waals surface area contributed by atoms with Gasteiger partial charge >= 0.3 is 0 Å². The summed E-state index contributed by atoms with van der Waals surface area (Å²) in [5.74, 6) is 1.11. The van der Waals surface area contributed by atoms with E-state index in [9.17, 15) is 0 Å². The number of hydrogen-bond acceptors (Lipinski definition) is 0. The smallest absolute Gasteiger partial charge is 0.228 e. The average Bonchev–Trinajstić information content (AvgIpc) is 3.15. The Morgan fingerprint density at radius 3 is 2.30 bits per heavy atom. The van der Waals surface area contributed by atoms with Gasteiger partial charge in [-0.25, -0.2) is 4.57 Å². The summed E-state index contributed by atoms with van der Waals surface area (Å²) in [6, 6.07) is 34.6. The van der Waals surface area contributed by atoms with Gasteiger partial charge in [0, 0.05) is 32.7 Å². The molecule has 0 unspecified atom stereocenters. The SMILES string of the molecule is Cc1ccc(-c2[c-]c3ccccc3cc2)[c-]c1-c1n(-c2ccccc2)cc[n+]1C.[Y]. The Morgan fingerprint density at radius 2 is 1.47 bits per heavy atom. The third-order valence-corrected chi connectivity index (χ3v) is 5.36. The summed E-state index contributed by atoms with van der Waals surface area (Å²) in [5.41, 5.74) is 5.54. The first-order valence-electron chi connectivity index (χ1n) is 9.78. The van der Waals surface area contributed by atoms with E-state index in [1.54, 1.807) is 0 Å². The van der Waals surface area contributed by atoms with Crippen molar-refractivity contribution in [1.29, 1.82) is 0 Å². The molecule has 0 N–H and O–H groups in total. The van der Waals surface area contributed by atoms with Crippen molar-refractivity contribution < 1.29 is 37.3 Å². The maximum Gasteiger partial charge on any atom is 0.228 e. The Labute approximate surface area is 202 Å². The zero-order valence-electron chi connectivity index (χ0n) is 17.1. The van der Waals surface area contributed by atoms with Crippen molar-refractivity contribution in [3.8, 4) is 28.2 Å². The minimum atomic E-state index is 0. The fraction of sp³-hybridized carbons (Fsp3) is 0.0741. The Morgan fingerprint density at radius 1 is 0.767 bits per heavy atom. The molecule has 143 valence electrons. The number of aromatic nitrogens is 2. The molecule has 5 aromatic rings. The number of benzene rings is 4. The van der Waals surface area contributed by atoms with Gasteiger partial charge < -0.3 is 0 Å². The van der Waals surface area contributed by atoms with Crippen LogP contribution in [-0.2, 0) is 39.8 Å². The van der Waals surface area contributed by atoms with Gasteiger partial charge in [-0.05, 0) is 17.7 Å². The molecule has 0 saturated heterocycles. The van der Waals surface area contributed by atoms with Gasteiger partial charge in [0.25, 0.3) is 0 Å². The number of hydrogen-bond donors (Lipinski definition) is 0. The first-order valence-corrected chi connectivity index (χ1v) is 9.78. The largest absolute Gasteiger partial charge is 0.265 e. The van der Waals surface area contributed by atoms with Gasteiger partial charge in [-0.2, -0.15) is 29.3 Å². The molecule has 0 bridgehead atoms. The third-order valence-electron chi connectivity index (χ3n) is 5.36. The molecule has 1 aromatic heterocycles. The second-order valence-electron chi connectivity index (χ2n) is 7.33. The van der Waals surface area contributed by atoms with Crippen LogP contribution in [0.5, 0.6) is 0 Å². The van der Waals surface area contributed by atoms with Crippen molar-refractivity contribution in [2.45, 2.75) is 6.92 Å². The van der Waals surface area contributed by atoms with E-state index < -0.39 is 0 Å². The van der Waals surface area contributed by atoms with E-state index in [0.29, 0.717) is 0 Å². The molecule has 0 amide bonds. The summed E-state index contributed by atoms with van der Waals surface area (Å²) in [4.78, 5) is 0. The van der Waals surface area contributed by atoms with Gasteiger partial charge in [0.15, 0.2) is 0 Å². The van der Waals surface area contributed by atoms with Crippen LogP contribution in [0.4, 0.5) is 0 Å². The first-order chi connectivity index (χ1) is 14.2. The monoisotopic (exact) mass is 462 g/mol. The molecule has 30 heavy (non-hydrogen) atoms. The zero-order valence-corrected chi connectivity index (χ0v) is 20.0. The average molecular weight is 462 g/mol. The molecule has 0 aliphatic rings. The number of aryl methyl sites for hydroxylation is 2. The quantitative estimate of drug-likeness (QED) is 0.241. The molecule has 3 heteroatoms. The predicted molar refractivity (Wildman–Crippen MR) is 118 cm³/mol. The molecule has 5 rings (SSSR count). The van der Waals surface area contributed by atoms with Gasteiger partial charge in [0.1, 0.15) is 18.1 Å². The Hall–Kier alpha value is -2.55. The Bertz CT molecular complexity index is 1320. The van der Waals surface area contributed by atoms with Gasteiger partial charge in [-0.15, -0.1) is 35.2 Å². The molecule has 1 radical (unpaired) electrons. The van der Waals surface area contributed by atoms with Crippen LogP contribution in [0.25, 0.3) is 39.0 Å². The van der Waals surface area contributed by atoms with Crippen LogP contribution in [0.2, 0.25) is 0 Å². The summed E-state index contributed by atoms with van der Waals surface area (Å²) in [6.45, 7) is 2.14. The molecular weight excluding hydrogens is 441 g/mol. The molecule has 4 aromatic carbocycles. The maximum atomic E-state index is 3.67. The minimum Gasteiger partial charge on any atom is -0.265 e. The standard InChI is InChI=1S/C27H21N2.Y/c1-20-12-13-24(23-15-14-21-8-6-7-9-22(21)18-23)19-26(20)27-28(2)16-17-29(27)25-10-4-3-5-11-25;/h3-17H,1-2H3;/q-1;. The van der Waals surface area contributed by atoms with Crippen LogP contribution < -0.4 is 4.57 Å². The fourth-order valence-electron chi connectivity index (χ4n) is 3.80. The number of nitrogens with zero attached hydrogens (tertiary/aromatic N) is 2. The van der Waals surface area contributed by atoms with Crippen molar-refractivity contribution in [3.63, 3.8) is 0 Å². The molecular formula is C27H21N2Y-. The van der Waals surface area contributed by atoms with Crippen LogP contribution in [0.3, 0.4) is 0 Å². The molecule has 0 spiro atoms. The van der Waals surface area contributed by atoms with Crippen LogP contribution in [0, 0.1) is 19.1 Å². The number of fused-ring (bicyclic) bond motifs is 1. The van der Waals surface area contributed by atoms with E-state index in [1.807, 2.05) is 6.07 Å². The van der Waals surface area contributed by atoms with Crippen molar-refractivity contribution in [2.24, 2.45) is 7.05 Å². The summed E-state index contributed by atoms with van der Waals surface area (Å²) < 4.78 is 4.37. The van der Waals surface area contributed by atoms with Crippen LogP contribution in [0.15, 0.2) is 91.3 Å². The molecule has 2 nitrogen and oxygen atoms in total. The zero-order chi connectivity index (χ0) is 19.8. The fourth-order valence-corrected chi connectivity index (χ4v) is 3.80. The summed E-state index contributed by atoms with van der Waals surface area (Å²) >= 11 is 0. The van der Waals surface area contributed by atoms with Gasteiger partial charge in [0.05, 0.1) is 7.05 Å². The van der Waals surface area contributed by atoms with E-state index in [2.05, 4.69) is 120 Å². The first kappa shape index (κ1) is 20.7.